The van der Waals surface area contributed by atoms with E-state index in [0.717, 1.165) is 4.90 Å². The number of hydrazine groups is 1. The summed E-state index contributed by atoms with van der Waals surface area (Å²) < 4.78 is 13.9. The number of nitrogens with one attached hydrogen (secondary N) is 3. The molecule has 2 rings (SSSR count). The van der Waals surface area contributed by atoms with Crippen molar-refractivity contribution in [3.8, 4) is 0 Å². The van der Waals surface area contributed by atoms with Crippen molar-refractivity contribution in [2.75, 3.05) is 25.1 Å². The van der Waals surface area contributed by atoms with E-state index >= 15 is 0 Å². The minimum Gasteiger partial charge on any atom is -0.465 e. The normalized spacial score (nSPS) is 21.0. The summed E-state index contributed by atoms with van der Waals surface area (Å²) in [5.41, 5.74) is 5.00. The number of halogens is 1. The molecule has 2 atom stereocenters. The predicted octanol–water partition coefficient (Wildman–Crippen LogP) is 1.05. The molecule has 1 saturated heterocycles. The lowest BCUT2D eigenvalue weighted by molar-refractivity contribution is 0.0763. The highest BCUT2D eigenvalue weighted by Gasteiger charge is 2.31. The van der Waals surface area contributed by atoms with Crippen molar-refractivity contribution in [1.29, 1.82) is 0 Å². The number of nitrogens with zero attached hydrogens (tertiary/aromatic N) is 2. The zero-order chi connectivity index (χ0) is 15.9. The average Bonchev–Trinajstić information content (AvgIpc) is 2.52. The number of urea groups is 1. The van der Waals surface area contributed by atoms with Gasteiger partial charge in [0.1, 0.15) is 12.0 Å². The number of carbonyl (C=O) groups excluding carboxylic acids is 1. The third-order valence-electron chi connectivity index (χ3n) is 3.44. The Bertz CT molecular complexity index is 516. The van der Waals surface area contributed by atoms with Gasteiger partial charge in [-0.2, -0.15) is 0 Å². The fourth-order valence-electron chi connectivity index (χ4n) is 2.18. The largest absolute Gasteiger partial charge is 0.465 e. The molecule has 0 aromatic carbocycles. The van der Waals surface area contributed by atoms with Crippen LogP contribution in [-0.2, 0) is 0 Å². The van der Waals surface area contributed by atoms with Gasteiger partial charge < -0.3 is 15.3 Å². The first-order valence-corrected chi connectivity index (χ1v) is 6.89. The number of hydrogen-bond donors (Lipinski definition) is 4. The van der Waals surface area contributed by atoms with Crippen LogP contribution in [0.1, 0.15) is 6.42 Å². The summed E-state index contributed by atoms with van der Waals surface area (Å²) in [6, 6.07) is 4.69. The number of alkyl halides is 1. The first-order chi connectivity index (χ1) is 10.6. The first kappa shape index (κ1) is 15.8. The lowest BCUT2D eigenvalue weighted by atomic mass is 9.95. The van der Waals surface area contributed by atoms with Gasteiger partial charge in [-0.15, -0.1) is 0 Å². The van der Waals surface area contributed by atoms with Crippen LogP contribution >= 0.6 is 0 Å². The Balaban J connectivity index is 1.69. The smallest absolute Gasteiger partial charge is 0.407 e. The van der Waals surface area contributed by atoms with Gasteiger partial charge >= 0.3 is 12.1 Å². The highest BCUT2D eigenvalue weighted by molar-refractivity contribution is 5.75. The molecule has 0 spiro atoms. The van der Waals surface area contributed by atoms with E-state index in [1.54, 1.807) is 24.4 Å². The number of anilines is 1. The fourth-order valence-corrected chi connectivity index (χ4v) is 2.18. The molecule has 0 saturated carbocycles. The molecule has 120 valence electrons. The number of aromatic nitrogens is 1. The highest BCUT2D eigenvalue weighted by Crippen LogP contribution is 2.20. The molecule has 0 bridgehead atoms. The second kappa shape index (κ2) is 7.43. The van der Waals surface area contributed by atoms with Gasteiger partial charge in [-0.05, 0) is 18.6 Å². The number of rotatable bonds is 4. The summed E-state index contributed by atoms with van der Waals surface area (Å²) in [5, 5.41) is 11.4. The van der Waals surface area contributed by atoms with Gasteiger partial charge in [0.05, 0.1) is 6.54 Å². The minimum atomic E-state index is -1.28. The van der Waals surface area contributed by atoms with Gasteiger partial charge in [0.2, 0.25) is 0 Å². The summed E-state index contributed by atoms with van der Waals surface area (Å²) in [6.07, 6.45) is -0.451. The Hall–Kier alpha value is -2.58. The maximum atomic E-state index is 13.9. The van der Waals surface area contributed by atoms with Crippen molar-refractivity contribution in [2.24, 2.45) is 5.92 Å². The Labute approximate surface area is 126 Å². The lowest BCUT2D eigenvalue weighted by Crippen LogP contribution is -2.49. The van der Waals surface area contributed by atoms with E-state index in [9.17, 15) is 14.0 Å². The SMILES string of the molecule is O=C(NCC1CCN(C(=O)O)CC1F)NNc1ccccn1. The molecule has 2 heterocycles. The minimum absolute atomic E-state index is 0.143. The average molecular weight is 311 g/mol. The van der Waals surface area contributed by atoms with E-state index in [1.165, 1.54) is 0 Å². The van der Waals surface area contributed by atoms with Gasteiger partial charge in [0.15, 0.2) is 0 Å². The number of pyridine rings is 1. The molecule has 1 aliphatic heterocycles. The fraction of sp³-hybridized carbons (Fsp3) is 0.462. The summed E-state index contributed by atoms with van der Waals surface area (Å²) in [6.45, 7) is 0.260. The van der Waals surface area contributed by atoms with Crippen molar-refractivity contribution in [2.45, 2.75) is 12.6 Å². The number of carbonyl (C=O) groups is 2. The highest BCUT2D eigenvalue weighted by atomic mass is 19.1. The molecule has 8 nitrogen and oxygen atoms in total. The zero-order valence-corrected chi connectivity index (χ0v) is 11.8. The molecule has 1 fully saturated rings. The monoisotopic (exact) mass is 311 g/mol. The molecular formula is C13H18FN5O3. The van der Waals surface area contributed by atoms with Gasteiger partial charge in [0, 0.05) is 25.2 Å². The maximum Gasteiger partial charge on any atom is 0.407 e. The van der Waals surface area contributed by atoms with Crippen LogP contribution in [0.4, 0.5) is 19.8 Å². The lowest BCUT2D eigenvalue weighted by Gasteiger charge is -2.32. The Morgan fingerprint density at radius 2 is 2.27 bits per heavy atom. The van der Waals surface area contributed by atoms with Gasteiger partial charge in [-0.1, -0.05) is 6.07 Å². The third kappa shape index (κ3) is 4.47. The van der Waals surface area contributed by atoms with Gasteiger partial charge in [0.25, 0.3) is 0 Å². The van der Waals surface area contributed by atoms with Crippen LogP contribution in [0.15, 0.2) is 24.4 Å². The van der Waals surface area contributed by atoms with E-state index in [2.05, 4.69) is 21.2 Å². The van der Waals surface area contributed by atoms with Gasteiger partial charge in [-0.25, -0.2) is 19.0 Å². The standard InChI is InChI=1S/C13H18FN5O3/c14-10-8-19(13(21)22)6-4-9(10)7-16-12(20)18-17-11-3-1-2-5-15-11/h1-3,5,9-10H,4,6-8H2,(H,15,17)(H,21,22)(H2,16,18,20). The second-order valence-corrected chi connectivity index (χ2v) is 4.97. The molecule has 4 N–H and O–H groups in total. The number of carboxylic acid groups (broad SMARTS) is 1. The maximum absolute atomic E-state index is 13.9. The molecule has 3 amide bonds. The molecular weight excluding hydrogens is 293 g/mol. The molecule has 1 aromatic rings. The Kier molecular flexibility index (Phi) is 5.34. The zero-order valence-electron chi connectivity index (χ0n) is 11.8. The van der Waals surface area contributed by atoms with Crippen LogP contribution in [0.3, 0.4) is 0 Å². The number of piperidine rings is 1. The molecule has 9 heteroatoms. The van der Waals surface area contributed by atoms with Crippen molar-refractivity contribution in [3.63, 3.8) is 0 Å². The second-order valence-electron chi connectivity index (χ2n) is 4.97. The van der Waals surface area contributed by atoms with Crippen molar-refractivity contribution in [1.82, 2.24) is 20.6 Å². The van der Waals surface area contributed by atoms with E-state index in [0.29, 0.717) is 12.2 Å². The van der Waals surface area contributed by atoms with E-state index < -0.39 is 24.2 Å². The van der Waals surface area contributed by atoms with Crippen LogP contribution in [0.5, 0.6) is 0 Å². The molecule has 0 aliphatic carbocycles. The van der Waals surface area contributed by atoms with Crippen molar-refractivity contribution >= 4 is 17.9 Å². The predicted molar refractivity (Wildman–Crippen MR) is 77.0 cm³/mol. The number of hydrogen-bond acceptors (Lipinski definition) is 4. The van der Waals surface area contributed by atoms with Crippen LogP contribution in [0.2, 0.25) is 0 Å². The Morgan fingerprint density at radius 1 is 1.45 bits per heavy atom. The topological polar surface area (TPSA) is 107 Å². The van der Waals surface area contributed by atoms with E-state index in [1.807, 2.05) is 0 Å². The summed E-state index contributed by atoms with van der Waals surface area (Å²) in [4.78, 5) is 27.4. The number of amides is 3. The Morgan fingerprint density at radius 3 is 2.91 bits per heavy atom. The molecule has 1 aliphatic rings. The first-order valence-electron chi connectivity index (χ1n) is 6.89. The van der Waals surface area contributed by atoms with Crippen LogP contribution in [0, 0.1) is 5.92 Å². The van der Waals surface area contributed by atoms with Crippen molar-refractivity contribution in [3.05, 3.63) is 24.4 Å². The third-order valence-corrected chi connectivity index (χ3v) is 3.44. The van der Waals surface area contributed by atoms with Crippen LogP contribution in [-0.4, -0.2) is 52.9 Å². The summed E-state index contributed by atoms with van der Waals surface area (Å²) in [7, 11) is 0. The molecule has 2 unspecified atom stereocenters. The van der Waals surface area contributed by atoms with Crippen LogP contribution in [0.25, 0.3) is 0 Å². The number of likely N-dealkylation sites (tertiary alicyclic amines) is 1. The van der Waals surface area contributed by atoms with E-state index in [-0.39, 0.29) is 19.6 Å². The van der Waals surface area contributed by atoms with E-state index in [4.69, 9.17) is 5.11 Å². The summed E-state index contributed by atoms with van der Waals surface area (Å²) >= 11 is 0. The van der Waals surface area contributed by atoms with Crippen molar-refractivity contribution < 1.29 is 19.1 Å². The molecule has 22 heavy (non-hydrogen) atoms. The van der Waals surface area contributed by atoms with Crippen LogP contribution < -0.4 is 16.2 Å². The van der Waals surface area contributed by atoms with Gasteiger partial charge in [-0.3, -0.25) is 10.9 Å². The molecule has 0 radical (unpaired) electrons. The molecule has 1 aromatic heterocycles. The quantitative estimate of drug-likeness (QED) is 0.622. The summed E-state index contributed by atoms with van der Waals surface area (Å²) in [5.74, 6) is 0.0898.